The number of rotatable bonds is 3. The zero-order chi connectivity index (χ0) is 13.3. The predicted octanol–water partition coefficient (Wildman–Crippen LogP) is 2.76. The molecule has 0 spiro atoms. The average Bonchev–Trinajstić information content (AvgIpc) is 2.71. The summed E-state index contributed by atoms with van der Waals surface area (Å²) in [5.41, 5.74) is 0.650. The summed E-state index contributed by atoms with van der Waals surface area (Å²) in [6.07, 6.45) is 2.44. The fraction of sp³-hybridized carbons (Fsp3) is 0.100. The van der Waals surface area contributed by atoms with Crippen LogP contribution in [0.15, 0.2) is 40.0 Å². The third kappa shape index (κ3) is 3.09. The van der Waals surface area contributed by atoms with Gasteiger partial charge in [0.25, 0.3) is 9.05 Å². The number of halogens is 3. The van der Waals surface area contributed by atoms with Crippen molar-refractivity contribution in [2.24, 2.45) is 0 Å². The van der Waals surface area contributed by atoms with Crippen LogP contribution in [0, 0.1) is 5.82 Å². The first-order valence-electron chi connectivity index (χ1n) is 4.77. The van der Waals surface area contributed by atoms with E-state index >= 15 is 0 Å². The summed E-state index contributed by atoms with van der Waals surface area (Å²) in [6.45, 7) is 0.241. The highest BCUT2D eigenvalue weighted by Gasteiger charge is 2.13. The summed E-state index contributed by atoms with van der Waals surface area (Å²) in [4.78, 5) is -0.0864. The van der Waals surface area contributed by atoms with Crippen LogP contribution >= 0.6 is 26.6 Å². The summed E-state index contributed by atoms with van der Waals surface area (Å²) in [5, 5.41) is 3.86. The molecule has 8 heteroatoms. The molecule has 0 unspecified atom stereocenters. The molecule has 18 heavy (non-hydrogen) atoms. The van der Waals surface area contributed by atoms with Crippen molar-refractivity contribution in [1.82, 2.24) is 9.78 Å². The molecule has 0 amide bonds. The standard InChI is InChI=1S/C10H7BrClFN2O2S/c11-10-2-1-8(13)3-7(10)5-15-6-9(4-14-15)18(12,16)17/h1-4,6H,5H2. The van der Waals surface area contributed by atoms with Crippen LogP contribution in [0.3, 0.4) is 0 Å². The SMILES string of the molecule is O=S(=O)(Cl)c1cnn(Cc2cc(F)ccc2Br)c1. The maximum atomic E-state index is 13.1. The number of nitrogens with zero attached hydrogens (tertiary/aromatic N) is 2. The van der Waals surface area contributed by atoms with Gasteiger partial charge in [-0.05, 0) is 23.8 Å². The Balaban J connectivity index is 2.29. The van der Waals surface area contributed by atoms with Gasteiger partial charge in [-0.3, -0.25) is 4.68 Å². The molecule has 0 N–H and O–H groups in total. The monoisotopic (exact) mass is 352 g/mol. The summed E-state index contributed by atoms with van der Waals surface area (Å²) in [6, 6.07) is 4.25. The first-order valence-corrected chi connectivity index (χ1v) is 7.87. The predicted molar refractivity (Wildman–Crippen MR) is 68.5 cm³/mol. The number of hydrogen-bond donors (Lipinski definition) is 0. The van der Waals surface area contributed by atoms with Gasteiger partial charge in [0.1, 0.15) is 10.7 Å². The van der Waals surface area contributed by atoms with Crippen LogP contribution in [0.5, 0.6) is 0 Å². The quantitative estimate of drug-likeness (QED) is 0.797. The lowest BCUT2D eigenvalue weighted by Gasteiger charge is -2.04. The molecule has 2 aromatic rings. The van der Waals surface area contributed by atoms with Crippen molar-refractivity contribution in [2.75, 3.05) is 0 Å². The molecular weight excluding hydrogens is 347 g/mol. The Morgan fingerprint density at radius 2 is 2.17 bits per heavy atom. The Kier molecular flexibility index (Phi) is 3.74. The van der Waals surface area contributed by atoms with E-state index in [0.717, 1.165) is 10.7 Å². The molecular formula is C10H7BrClFN2O2S. The first kappa shape index (κ1) is 13.5. The highest BCUT2D eigenvalue weighted by Crippen LogP contribution is 2.20. The maximum absolute atomic E-state index is 13.1. The Morgan fingerprint density at radius 3 is 2.78 bits per heavy atom. The summed E-state index contributed by atoms with van der Waals surface area (Å²) >= 11 is 3.28. The van der Waals surface area contributed by atoms with Crippen LogP contribution in [0.2, 0.25) is 0 Å². The van der Waals surface area contributed by atoms with Crippen LogP contribution in [0.25, 0.3) is 0 Å². The third-order valence-corrected chi connectivity index (χ3v) is 4.31. The number of hydrogen-bond acceptors (Lipinski definition) is 3. The van der Waals surface area contributed by atoms with E-state index < -0.39 is 9.05 Å². The highest BCUT2D eigenvalue weighted by molar-refractivity contribution is 9.10. The normalized spacial score (nSPS) is 11.7. The van der Waals surface area contributed by atoms with Crippen LogP contribution < -0.4 is 0 Å². The number of benzene rings is 1. The molecule has 0 saturated heterocycles. The minimum Gasteiger partial charge on any atom is -0.267 e. The molecule has 0 fully saturated rings. The van der Waals surface area contributed by atoms with Gasteiger partial charge in [0.15, 0.2) is 0 Å². The lowest BCUT2D eigenvalue weighted by atomic mass is 10.2. The van der Waals surface area contributed by atoms with Crippen molar-refractivity contribution in [3.63, 3.8) is 0 Å². The van der Waals surface area contributed by atoms with Crippen LogP contribution in [-0.4, -0.2) is 18.2 Å². The first-order chi connectivity index (χ1) is 8.36. The van der Waals surface area contributed by atoms with E-state index in [1.807, 2.05) is 0 Å². The molecule has 0 bridgehead atoms. The fourth-order valence-corrected chi connectivity index (χ4v) is 2.43. The average molecular weight is 354 g/mol. The smallest absolute Gasteiger partial charge is 0.264 e. The van der Waals surface area contributed by atoms with Crippen molar-refractivity contribution in [1.29, 1.82) is 0 Å². The van der Waals surface area contributed by atoms with E-state index in [4.69, 9.17) is 10.7 Å². The summed E-state index contributed by atoms with van der Waals surface area (Å²) in [7, 11) is 1.39. The Bertz CT molecular complexity index is 687. The van der Waals surface area contributed by atoms with Gasteiger partial charge in [-0.15, -0.1) is 0 Å². The van der Waals surface area contributed by atoms with Gasteiger partial charge in [0.2, 0.25) is 0 Å². The Morgan fingerprint density at radius 1 is 1.44 bits per heavy atom. The van der Waals surface area contributed by atoms with Gasteiger partial charge in [-0.1, -0.05) is 15.9 Å². The molecule has 0 aliphatic carbocycles. The van der Waals surface area contributed by atoms with Gasteiger partial charge < -0.3 is 0 Å². The third-order valence-electron chi connectivity index (χ3n) is 2.23. The Hall–Kier alpha value is -0.920. The second-order valence-corrected chi connectivity index (χ2v) is 6.97. The van der Waals surface area contributed by atoms with Gasteiger partial charge in [0, 0.05) is 21.4 Å². The molecule has 1 aromatic carbocycles. The van der Waals surface area contributed by atoms with E-state index in [1.54, 1.807) is 6.07 Å². The van der Waals surface area contributed by atoms with Crippen LogP contribution in [0.1, 0.15) is 5.56 Å². The highest BCUT2D eigenvalue weighted by atomic mass is 79.9. The Labute approximate surface area is 116 Å². The lowest BCUT2D eigenvalue weighted by molar-refractivity contribution is 0.608. The zero-order valence-electron chi connectivity index (χ0n) is 8.85. The van der Waals surface area contributed by atoms with Crippen molar-refractivity contribution < 1.29 is 12.8 Å². The van der Waals surface area contributed by atoms with Crippen LogP contribution in [0.4, 0.5) is 4.39 Å². The van der Waals surface area contributed by atoms with Gasteiger partial charge in [-0.25, -0.2) is 12.8 Å². The van der Waals surface area contributed by atoms with E-state index in [0.29, 0.717) is 5.56 Å². The second kappa shape index (κ2) is 4.99. The minimum atomic E-state index is -3.79. The van der Waals surface area contributed by atoms with E-state index in [1.165, 1.54) is 23.0 Å². The zero-order valence-corrected chi connectivity index (χ0v) is 12.0. The molecule has 1 aromatic heterocycles. The molecule has 0 aliphatic rings. The van der Waals surface area contributed by atoms with Gasteiger partial charge in [0.05, 0.1) is 12.7 Å². The van der Waals surface area contributed by atoms with Crippen molar-refractivity contribution in [3.05, 3.63) is 46.4 Å². The molecule has 1 heterocycles. The molecule has 2 rings (SSSR count). The van der Waals surface area contributed by atoms with E-state index in [-0.39, 0.29) is 17.3 Å². The fourth-order valence-electron chi connectivity index (χ4n) is 1.40. The van der Waals surface area contributed by atoms with Crippen LogP contribution in [-0.2, 0) is 15.6 Å². The van der Waals surface area contributed by atoms with Gasteiger partial charge >= 0.3 is 0 Å². The summed E-state index contributed by atoms with van der Waals surface area (Å²) < 4.78 is 37.3. The van der Waals surface area contributed by atoms with Crippen molar-refractivity contribution in [2.45, 2.75) is 11.4 Å². The molecule has 96 valence electrons. The van der Waals surface area contributed by atoms with Crippen molar-refractivity contribution in [3.8, 4) is 0 Å². The number of aromatic nitrogens is 2. The maximum Gasteiger partial charge on any atom is 0.264 e. The molecule has 0 radical (unpaired) electrons. The minimum absolute atomic E-state index is 0.0864. The molecule has 0 saturated carbocycles. The van der Waals surface area contributed by atoms with Crippen molar-refractivity contribution >= 4 is 35.7 Å². The lowest BCUT2D eigenvalue weighted by Crippen LogP contribution is -2.01. The molecule has 0 aliphatic heterocycles. The topological polar surface area (TPSA) is 52.0 Å². The van der Waals surface area contributed by atoms with E-state index in [9.17, 15) is 12.8 Å². The summed E-state index contributed by atoms with van der Waals surface area (Å²) in [5.74, 6) is -0.370. The second-order valence-electron chi connectivity index (χ2n) is 3.55. The van der Waals surface area contributed by atoms with Gasteiger partial charge in [-0.2, -0.15) is 5.10 Å². The largest absolute Gasteiger partial charge is 0.267 e. The van der Waals surface area contributed by atoms with E-state index in [2.05, 4.69) is 21.0 Å². The molecule has 4 nitrogen and oxygen atoms in total. The molecule has 0 atom stereocenters.